The van der Waals surface area contributed by atoms with Gasteiger partial charge in [0.05, 0.1) is 0 Å². The zero-order valence-electron chi connectivity index (χ0n) is 9.15. The Morgan fingerprint density at radius 2 is 1.75 bits per heavy atom. The van der Waals surface area contributed by atoms with Crippen LogP contribution in [0.4, 0.5) is 0 Å². The predicted octanol–water partition coefficient (Wildman–Crippen LogP) is 5.01. The van der Waals surface area contributed by atoms with E-state index in [9.17, 15) is 0 Å². The first-order valence-corrected chi connectivity index (χ1v) is 6.04. The maximum Gasteiger partial charge on any atom is 0.0181 e. The summed E-state index contributed by atoms with van der Waals surface area (Å²) in [5.74, 6) is 0. The van der Waals surface area contributed by atoms with Crippen LogP contribution >= 0.6 is 15.9 Å². The first-order valence-electron chi connectivity index (χ1n) is 5.25. The van der Waals surface area contributed by atoms with Crippen molar-refractivity contribution in [1.29, 1.82) is 0 Å². The molecule has 0 fully saturated rings. The zero-order chi connectivity index (χ0) is 11.4. The van der Waals surface area contributed by atoms with E-state index in [-0.39, 0.29) is 0 Å². The number of hydrogen-bond acceptors (Lipinski definition) is 0. The van der Waals surface area contributed by atoms with Gasteiger partial charge in [0.2, 0.25) is 0 Å². The standard InChI is InChI=1S/C15H13Br/c1-12(14-7-3-2-4-8-14)10-13-6-5-9-15(16)11-13/h2-11H,1H3. The monoisotopic (exact) mass is 272 g/mol. The van der Waals surface area contributed by atoms with Crippen LogP contribution in [0, 0.1) is 0 Å². The number of allylic oxidation sites excluding steroid dienone is 1. The minimum Gasteiger partial charge on any atom is -0.0622 e. The van der Waals surface area contributed by atoms with E-state index in [2.05, 4.69) is 65.3 Å². The molecule has 0 unspecified atom stereocenters. The van der Waals surface area contributed by atoms with Gasteiger partial charge in [-0.3, -0.25) is 0 Å². The highest BCUT2D eigenvalue weighted by molar-refractivity contribution is 9.10. The molecule has 0 N–H and O–H groups in total. The molecule has 0 amide bonds. The quantitative estimate of drug-likeness (QED) is 0.675. The molecule has 0 aliphatic rings. The average molecular weight is 273 g/mol. The van der Waals surface area contributed by atoms with Gasteiger partial charge in [-0.15, -0.1) is 0 Å². The lowest BCUT2D eigenvalue weighted by Gasteiger charge is -2.01. The van der Waals surface area contributed by atoms with Crippen LogP contribution < -0.4 is 0 Å². The van der Waals surface area contributed by atoms with Crippen molar-refractivity contribution in [2.24, 2.45) is 0 Å². The molecule has 0 radical (unpaired) electrons. The molecule has 80 valence electrons. The van der Waals surface area contributed by atoms with E-state index in [1.54, 1.807) is 0 Å². The largest absolute Gasteiger partial charge is 0.0622 e. The van der Waals surface area contributed by atoms with Crippen molar-refractivity contribution in [3.05, 3.63) is 70.2 Å². The van der Waals surface area contributed by atoms with Gasteiger partial charge in [-0.05, 0) is 35.8 Å². The van der Waals surface area contributed by atoms with Gasteiger partial charge in [-0.25, -0.2) is 0 Å². The van der Waals surface area contributed by atoms with Gasteiger partial charge in [0.25, 0.3) is 0 Å². The van der Waals surface area contributed by atoms with Gasteiger partial charge in [0, 0.05) is 4.47 Å². The Kier molecular flexibility index (Phi) is 3.58. The summed E-state index contributed by atoms with van der Waals surface area (Å²) < 4.78 is 1.11. The highest BCUT2D eigenvalue weighted by Gasteiger charge is 1.95. The molecule has 0 atom stereocenters. The maximum absolute atomic E-state index is 3.48. The van der Waals surface area contributed by atoms with Crippen LogP contribution in [0.2, 0.25) is 0 Å². The Hall–Kier alpha value is -1.34. The lowest BCUT2D eigenvalue weighted by molar-refractivity contribution is 1.56. The second-order valence-electron chi connectivity index (χ2n) is 3.75. The van der Waals surface area contributed by atoms with E-state index >= 15 is 0 Å². The number of halogens is 1. The summed E-state index contributed by atoms with van der Waals surface area (Å²) >= 11 is 3.48. The third-order valence-corrected chi connectivity index (χ3v) is 2.95. The summed E-state index contributed by atoms with van der Waals surface area (Å²) in [6, 6.07) is 18.7. The van der Waals surface area contributed by atoms with E-state index in [1.807, 2.05) is 18.2 Å². The molecule has 2 aromatic carbocycles. The van der Waals surface area contributed by atoms with Crippen molar-refractivity contribution >= 4 is 27.6 Å². The summed E-state index contributed by atoms with van der Waals surface area (Å²) in [6.45, 7) is 2.14. The SMILES string of the molecule is CC(=Cc1cccc(Br)c1)c1ccccc1. The lowest BCUT2D eigenvalue weighted by atomic mass is 10.0. The Morgan fingerprint density at radius 1 is 1.00 bits per heavy atom. The van der Waals surface area contributed by atoms with Crippen LogP contribution in [-0.4, -0.2) is 0 Å². The lowest BCUT2D eigenvalue weighted by Crippen LogP contribution is -1.79. The van der Waals surface area contributed by atoms with E-state index in [4.69, 9.17) is 0 Å². The zero-order valence-corrected chi connectivity index (χ0v) is 10.7. The average Bonchev–Trinajstić information content (AvgIpc) is 2.30. The fourth-order valence-corrected chi connectivity index (χ4v) is 2.05. The molecule has 1 heteroatoms. The molecule has 0 nitrogen and oxygen atoms in total. The summed E-state index contributed by atoms with van der Waals surface area (Å²) in [5.41, 5.74) is 3.76. The Morgan fingerprint density at radius 3 is 2.44 bits per heavy atom. The molecule has 0 heterocycles. The fourth-order valence-electron chi connectivity index (χ4n) is 1.63. The topological polar surface area (TPSA) is 0 Å². The van der Waals surface area contributed by atoms with Gasteiger partial charge < -0.3 is 0 Å². The highest BCUT2D eigenvalue weighted by Crippen LogP contribution is 2.19. The summed E-state index contributed by atoms with van der Waals surface area (Å²) in [7, 11) is 0. The third kappa shape index (κ3) is 2.83. The molecule has 0 bridgehead atoms. The van der Waals surface area contributed by atoms with Crippen molar-refractivity contribution in [2.45, 2.75) is 6.92 Å². The molecule has 0 aliphatic heterocycles. The maximum atomic E-state index is 3.48. The molecule has 16 heavy (non-hydrogen) atoms. The van der Waals surface area contributed by atoms with Crippen molar-refractivity contribution < 1.29 is 0 Å². The second kappa shape index (κ2) is 5.13. The van der Waals surface area contributed by atoms with Crippen LogP contribution in [0.25, 0.3) is 11.6 Å². The van der Waals surface area contributed by atoms with Crippen molar-refractivity contribution in [2.75, 3.05) is 0 Å². The predicted molar refractivity (Wildman–Crippen MR) is 74.1 cm³/mol. The van der Waals surface area contributed by atoms with Crippen LogP contribution in [0.15, 0.2) is 59.1 Å². The van der Waals surface area contributed by atoms with E-state index in [0.29, 0.717) is 0 Å². The molecule has 2 rings (SSSR count). The van der Waals surface area contributed by atoms with Gasteiger partial charge in [0.15, 0.2) is 0 Å². The number of benzene rings is 2. The molecule has 0 saturated carbocycles. The van der Waals surface area contributed by atoms with Crippen LogP contribution in [0.1, 0.15) is 18.1 Å². The molecule has 0 saturated heterocycles. The summed E-state index contributed by atoms with van der Waals surface area (Å²) in [6.07, 6.45) is 2.19. The number of rotatable bonds is 2. The summed E-state index contributed by atoms with van der Waals surface area (Å²) in [5, 5.41) is 0. The first kappa shape index (κ1) is 11.2. The van der Waals surface area contributed by atoms with Gasteiger partial charge in [0.1, 0.15) is 0 Å². The van der Waals surface area contributed by atoms with Gasteiger partial charge >= 0.3 is 0 Å². The van der Waals surface area contributed by atoms with Gasteiger partial charge in [-0.1, -0.05) is 64.5 Å². The smallest absolute Gasteiger partial charge is 0.0181 e. The Balaban J connectivity index is 2.32. The molecular weight excluding hydrogens is 260 g/mol. The molecule has 2 aromatic rings. The normalized spacial score (nSPS) is 11.5. The third-order valence-electron chi connectivity index (χ3n) is 2.46. The Bertz CT molecular complexity index is 498. The van der Waals surface area contributed by atoms with Gasteiger partial charge in [-0.2, -0.15) is 0 Å². The summed E-state index contributed by atoms with van der Waals surface area (Å²) in [4.78, 5) is 0. The minimum atomic E-state index is 1.11. The minimum absolute atomic E-state index is 1.11. The molecule has 0 spiro atoms. The van der Waals surface area contributed by atoms with Crippen molar-refractivity contribution in [3.63, 3.8) is 0 Å². The number of hydrogen-bond donors (Lipinski definition) is 0. The van der Waals surface area contributed by atoms with Crippen molar-refractivity contribution in [3.8, 4) is 0 Å². The molecular formula is C15H13Br. The van der Waals surface area contributed by atoms with Crippen LogP contribution in [0.3, 0.4) is 0 Å². The first-order chi connectivity index (χ1) is 7.75. The van der Waals surface area contributed by atoms with E-state index in [1.165, 1.54) is 16.7 Å². The highest BCUT2D eigenvalue weighted by atomic mass is 79.9. The fraction of sp³-hybridized carbons (Fsp3) is 0.0667. The Labute approximate surface area is 105 Å². The molecule has 0 aliphatic carbocycles. The van der Waals surface area contributed by atoms with Crippen LogP contribution in [-0.2, 0) is 0 Å². The van der Waals surface area contributed by atoms with E-state index in [0.717, 1.165) is 4.47 Å². The van der Waals surface area contributed by atoms with E-state index < -0.39 is 0 Å². The van der Waals surface area contributed by atoms with Crippen LogP contribution in [0.5, 0.6) is 0 Å². The molecule has 0 aromatic heterocycles. The van der Waals surface area contributed by atoms with Crippen molar-refractivity contribution in [1.82, 2.24) is 0 Å². The second-order valence-corrected chi connectivity index (χ2v) is 4.66.